The summed E-state index contributed by atoms with van der Waals surface area (Å²) >= 11 is 0. The first-order valence-electron chi connectivity index (χ1n) is 9.89. The number of hydrogen-bond donors (Lipinski definition) is 0. The number of benzene rings is 4. The van der Waals surface area contributed by atoms with Gasteiger partial charge in [-0.2, -0.15) is 11.2 Å². The van der Waals surface area contributed by atoms with E-state index in [1.54, 1.807) is 24.5 Å². The Kier molecular flexibility index (Phi) is 6.37. The van der Waals surface area contributed by atoms with Gasteiger partial charge in [0.1, 0.15) is 12.0 Å². The van der Waals surface area contributed by atoms with Crippen molar-refractivity contribution in [1.82, 2.24) is 14.8 Å². The quantitative estimate of drug-likeness (QED) is 0.221. The first kappa shape index (κ1) is 21.4. The zero-order valence-electron chi connectivity index (χ0n) is 16.9. The van der Waals surface area contributed by atoms with E-state index >= 15 is 0 Å². The second-order valence-corrected chi connectivity index (χ2v) is 7.03. The molecule has 0 atom stereocenters. The van der Waals surface area contributed by atoms with Gasteiger partial charge in [0.2, 0.25) is 0 Å². The second-order valence-electron chi connectivity index (χ2n) is 7.03. The molecule has 4 aromatic carbocycles. The summed E-state index contributed by atoms with van der Waals surface area (Å²) in [5.41, 5.74) is 6.62. The zero-order chi connectivity index (χ0) is 21.0. The van der Waals surface area contributed by atoms with Crippen molar-refractivity contribution in [3.8, 4) is 39.3 Å². The van der Waals surface area contributed by atoms with Gasteiger partial charge in [0.25, 0.3) is 0 Å². The van der Waals surface area contributed by atoms with Crippen LogP contribution in [-0.2, 0) is 20.1 Å². The summed E-state index contributed by atoms with van der Waals surface area (Å²) in [6, 6.07) is 35.4. The Labute approximate surface area is 200 Å². The average Bonchev–Trinajstić information content (AvgIpc) is 3.34. The second kappa shape index (κ2) is 9.53. The van der Waals surface area contributed by atoms with E-state index < -0.39 is 0 Å². The monoisotopic (exact) mass is 590 g/mol. The molecule has 5 rings (SSSR count). The molecule has 0 saturated carbocycles. The van der Waals surface area contributed by atoms with Gasteiger partial charge in [-0.05, 0) is 11.1 Å². The van der Waals surface area contributed by atoms with Crippen molar-refractivity contribution in [1.29, 1.82) is 0 Å². The molecule has 1 heterocycles. The molecule has 0 N–H and O–H groups in total. The molecule has 0 amide bonds. The molecule has 0 spiro atoms. The molecule has 5 heteroatoms. The normalized spacial score (nSPS) is 10.2. The van der Waals surface area contributed by atoms with Gasteiger partial charge >= 0.3 is 0 Å². The van der Waals surface area contributed by atoms with E-state index in [4.69, 9.17) is 6.57 Å². The fourth-order valence-electron chi connectivity index (χ4n) is 3.74. The average molecular weight is 590 g/mol. The number of hydrogen-bond acceptors (Lipinski definition) is 2. The van der Waals surface area contributed by atoms with Crippen LogP contribution < -0.4 is 0 Å². The van der Waals surface area contributed by atoms with Crippen molar-refractivity contribution in [2.45, 2.75) is 0 Å². The molecule has 0 bridgehead atoms. The Morgan fingerprint density at radius 3 is 2.00 bits per heavy atom. The molecule has 1 aromatic heterocycles. The smallest absolute Gasteiger partial charge is 0.115 e. The Morgan fingerprint density at radius 1 is 0.781 bits per heavy atom. The van der Waals surface area contributed by atoms with E-state index in [-0.39, 0.29) is 20.1 Å². The largest absolute Gasteiger partial charge is 0.322 e. The molecule has 0 aliphatic rings. The van der Waals surface area contributed by atoms with Gasteiger partial charge in [0.05, 0.1) is 18.1 Å². The van der Waals surface area contributed by atoms with E-state index in [0.29, 0.717) is 11.5 Å². The molecular formula is C27H17IrN4-. The van der Waals surface area contributed by atoms with Crippen LogP contribution in [0.3, 0.4) is 0 Å². The van der Waals surface area contributed by atoms with Gasteiger partial charge in [0.15, 0.2) is 0 Å². The topological polar surface area (TPSA) is 35.1 Å². The van der Waals surface area contributed by atoms with Crippen molar-refractivity contribution < 1.29 is 20.1 Å². The number of aromatic nitrogens is 3. The van der Waals surface area contributed by atoms with Gasteiger partial charge < -0.3 is 4.57 Å². The van der Waals surface area contributed by atoms with E-state index in [9.17, 15) is 0 Å². The first-order chi connectivity index (χ1) is 15.3. The molecule has 32 heavy (non-hydrogen) atoms. The van der Waals surface area contributed by atoms with Crippen LogP contribution in [0.1, 0.15) is 0 Å². The molecule has 1 radical (unpaired) electrons. The fourth-order valence-corrected chi connectivity index (χ4v) is 3.74. The third kappa shape index (κ3) is 4.02. The van der Waals surface area contributed by atoms with Crippen molar-refractivity contribution in [2.24, 2.45) is 0 Å². The number of nitrogens with zero attached hydrogens (tertiary/aromatic N) is 4. The van der Waals surface area contributed by atoms with Gasteiger partial charge in [-0.1, -0.05) is 78.9 Å². The molecule has 5 aromatic rings. The summed E-state index contributed by atoms with van der Waals surface area (Å²) in [6.07, 6.45) is 1.72. The summed E-state index contributed by atoms with van der Waals surface area (Å²) in [4.78, 5) is 3.55. The Bertz CT molecular complexity index is 1330. The van der Waals surface area contributed by atoms with Crippen LogP contribution in [0, 0.1) is 12.6 Å². The minimum atomic E-state index is 0. The summed E-state index contributed by atoms with van der Waals surface area (Å²) < 4.78 is 1.99. The molecule has 0 aliphatic carbocycles. The standard InChI is InChI=1S/C27H17N4.Ir/c1-28-23-15-8-14-22(18-23)27-30-29-19-31(27)26-24(20-10-4-2-5-11-20)16-9-17-25(26)21-12-6-3-7-13-21;/h2-13,15-19H;/q-1;. The third-order valence-corrected chi connectivity index (χ3v) is 5.15. The van der Waals surface area contributed by atoms with Crippen molar-refractivity contribution in [2.75, 3.05) is 0 Å². The van der Waals surface area contributed by atoms with Crippen LogP contribution in [0.2, 0.25) is 0 Å². The molecule has 0 unspecified atom stereocenters. The predicted octanol–water partition coefficient (Wildman–Crippen LogP) is 6.62. The maximum atomic E-state index is 7.34. The van der Waals surface area contributed by atoms with E-state index in [1.165, 1.54) is 0 Å². The molecular weight excluding hydrogens is 573 g/mol. The minimum Gasteiger partial charge on any atom is -0.322 e. The van der Waals surface area contributed by atoms with Crippen LogP contribution in [-0.4, -0.2) is 14.8 Å². The van der Waals surface area contributed by atoms with Gasteiger partial charge in [-0.15, -0.1) is 28.9 Å². The predicted molar refractivity (Wildman–Crippen MR) is 123 cm³/mol. The van der Waals surface area contributed by atoms with Crippen LogP contribution >= 0.6 is 0 Å². The zero-order valence-corrected chi connectivity index (χ0v) is 19.3. The Balaban J connectivity index is 0.00000245. The first-order valence-corrected chi connectivity index (χ1v) is 9.89. The van der Waals surface area contributed by atoms with Crippen molar-refractivity contribution in [3.05, 3.63) is 121 Å². The molecule has 155 valence electrons. The van der Waals surface area contributed by atoms with Crippen molar-refractivity contribution in [3.63, 3.8) is 0 Å². The van der Waals surface area contributed by atoms with Crippen LogP contribution in [0.5, 0.6) is 0 Å². The molecule has 0 aliphatic heterocycles. The summed E-state index contributed by atoms with van der Waals surface area (Å²) in [7, 11) is 0. The van der Waals surface area contributed by atoms with Crippen LogP contribution in [0.4, 0.5) is 5.69 Å². The summed E-state index contributed by atoms with van der Waals surface area (Å²) in [6.45, 7) is 7.34. The Morgan fingerprint density at radius 2 is 1.41 bits per heavy atom. The van der Waals surface area contributed by atoms with E-state index in [0.717, 1.165) is 33.5 Å². The molecule has 0 fully saturated rings. The van der Waals surface area contributed by atoms with Crippen LogP contribution in [0.25, 0.3) is 44.2 Å². The van der Waals surface area contributed by atoms with Gasteiger partial charge in [0, 0.05) is 31.2 Å². The van der Waals surface area contributed by atoms with Gasteiger partial charge in [-0.25, -0.2) is 0 Å². The molecule has 4 nitrogen and oxygen atoms in total. The molecule has 0 saturated heterocycles. The van der Waals surface area contributed by atoms with Gasteiger partial charge in [-0.3, -0.25) is 4.85 Å². The maximum Gasteiger partial charge on any atom is 0.115 e. The number of para-hydroxylation sites is 1. The van der Waals surface area contributed by atoms with Crippen molar-refractivity contribution >= 4 is 5.69 Å². The SMILES string of the molecule is [C-]#[N+]c1cc[c-]c(-c2nncn2-c2c(-c3ccccc3)cccc2-c2ccccc2)c1.[Ir]. The van der Waals surface area contributed by atoms with E-state index in [2.05, 4.69) is 63.6 Å². The fraction of sp³-hybridized carbons (Fsp3) is 0. The Hall–Kier alpha value is -3.84. The van der Waals surface area contributed by atoms with Crippen LogP contribution in [0.15, 0.2) is 103 Å². The van der Waals surface area contributed by atoms with E-state index in [1.807, 2.05) is 41.0 Å². The number of rotatable bonds is 4. The summed E-state index contributed by atoms with van der Waals surface area (Å²) in [5.74, 6) is 0.645. The minimum absolute atomic E-state index is 0. The maximum absolute atomic E-state index is 7.34. The third-order valence-electron chi connectivity index (χ3n) is 5.15. The summed E-state index contributed by atoms with van der Waals surface area (Å²) in [5, 5.41) is 8.60.